The maximum Gasteiger partial charge on any atom is 0.203 e. The van der Waals surface area contributed by atoms with E-state index in [2.05, 4.69) is 15.1 Å². The molecule has 8 heteroatoms. The standard InChI is InChI=1S/C24H18FN5O2/c1-2-32-20-14-27-24(28-15-20)17-5-3-4-16(10-17)11-22-23(31)8-9-30(29-22)19-7-6-18(13-26)21(25)12-19/h3-10,12,14-15H,2,11H2,1H3. The molecule has 0 aliphatic heterocycles. The first-order chi connectivity index (χ1) is 15.6. The van der Waals surface area contributed by atoms with E-state index in [0.29, 0.717) is 29.6 Å². The summed E-state index contributed by atoms with van der Waals surface area (Å²) in [6, 6.07) is 14.9. The molecule has 2 heterocycles. The molecule has 0 saturated heterocycles. The van der Waals surface area contributed by atoms with Crippen LogP contribution in [0.5, 0.6) is 5.75 Å². The Balaban J connectivity index is 1.61. The van der Waals surface area contributed by atoms with Crippen molar-refractivity contribution in [1.82, 2.24) is 19.7 Å². The third-order valence-corrected chi connectivity index (χ3v) is 4.71. The fraction of sp³-hybridized carbons (Fsp3) is 0.125. The van der Waals surface area contributed by atoms with Crippen LogP contribution in [0.15, 0.2) is 71.9 Å². The fourth-order valence-electron chi connectivity index (χ4n) is 3.17. The number of ether oxygens (including phenoxy) is 1. The lowest BCUT2D eigenvalue weighted by Gasteiger charge is -2.09. The second kappa shape index (κ2) is 9.18. The summed E-state index contributed by atoms with van der Waals surface area (Å²) >= 11 is 0. The molecule has 0 unspecified atom stereocenters. The molecule has 0 N–H and O–H groups in total. The van der Waals surface area contributed by atoms with Crippen LogP contribution in [0.1, 0.15) is 23.7 Å². The second-order valence-corrected chi connectivity index (χ2v) is 6.90. The van der Waals surface area contributed by atoms with Crippen molar-refractivity contribution in [2.75, 3.05) is 6.61 Å². The van der Waals surface area contributed by atoms with E-state index < -0.39 is 5.82 Å². The Kier molecular flexibility index (Phi) is 5.99. The molecular weight excluding hydrogens is 409 g/mol. The predicted octanol–water partition coefficient (Wildman–Crippen LogP) is 3.69. The topological polar surface area (TPSA) is 93.7 Å². The van der Waals surface area contributed by atoms with Gasteiger partial charge in [-0.15, -0.1) is 0 Å². The Morgan fingerprint density at radius 2 is 1.94 bits per heavy atom. The molecule has 0 saturated carbocycles. The van der Waals surface area contributed by atoms with Crippen LogP contribution in [-0.2, 0) is 6.42 Å². The molecule has 0 radical (unpaired) electrons. The Morgan fingerprint density at radius 3 is 2.66 bits per heavy atom. The van der Waals surface area contributed by atoms with Crippen LogP contribution in [0, 0.1) is 17.1 Å². The van der Waals surface area contributed by atoms with Crippen molar-refractivity contribution < 1.29 is 9.13 Å². The molecule has 158 valence electrons. The molecule has 0 amide bonds. The van der Waals surface area contributed by atoms with E-state index in [1.54, 1.807) is 24.5 Å². The molecule has 4 aromatic rings. The Labute approximate surface area is 183 Å². The minimum Gasteiger partial charge on any atom is -0.491 e. The third-order valence-electron chi connectivity index (χ3n) is 4.71. The summed E-state index contributed by atoms with van der Waals surface area (Å²) in [6.07, 6.45) is 4.99. The maximum absolute atomic E-state index is 14.0. The van der Waals surface area contributed by atoms with Crippen molar-refractivity contribution in [3.63, 3.8) is 0 Å². The minimum absolute atomic E-state index is 0.0525. The molecular formula is C24H18FN5O2. The van der Waals surface area contributed by atoms with Crippen LogP contribution < -0.4 is 10.2 Å². The van der Waals surface area contributed by atoms with E-state index in [9.17, 15) is 9.18 Å². The molecule has 0 fully saturated rings. The average Bonchev–Trinajstić information content (AvgIpc) is 2.81. The Morgan fingerprint density at radius 1 is 1.12 bits per heavy atom. The summed E-state index contributed by atoms with van der Waals surface area (Å²) in [5, 5.41) is 13.3. The third kappa shape index (κ3) is 4.52. The van der Waals surface area contributed by atoms with Crippen molar-refractivity contribution in [2.24, 2.45) is 0 Å². The maximum atomic E-state index is 14.0. The first-order valence-electron chi connectivity index (χ1n) is 9.90. The number of hydrogen-bond donors (Lipinski definition) is 0. The first-order valence-corrected chi connectivity index (χ1v) is 9.90. The molecule has 0 bridgehead atoms. The average molecular weight is 427 g/mol. The lowest BCUT2D eigenvalue weighted by Crippen LogP contribution is -2.16. The lowest BCUT2D eigenvalue weighted by atomic mass is 10.1. The van der Waals surface area contributed by atoms with Gasteiger partial charge in [0.2, 0.25) is 5.43 Å². The molecule has 0 spiro atoms. The van der Waals surface area contributed by atoms with E-state index >= 15 is 0 Å². The number of halogens is 1. The molecule has 2 aromatic carbocycles. The van der Waals surface area contributed by atoms with Crippen LogP contribution in [-0.4, -0.2) is 26.4 Å². The van der Waals surface area contributed by atoms with E-state index in [0.717, 1.165) is 11.1 Å². The number of nitrogens with zero attached hydrogens (tertiary/aromatic N) is 5. The molecule has 2 aromatic heterocycles. The first kappa shape index (κ1) is 20.9. The summed E-state index contributed by atoms with van der Waals surface area (Å²) in [6.45, 7) is 2.43. The van der Waals surface area contributed by atoms with Crippen LogP contribution in [0.4, 0.5) is 4.39 Å². The van der Waals surface area contributed by atoms with Gasteiger partial charge in [0.05, 0.1) is 30.3 Å². The van der Waals surface area contributed by atoms with Gasteiger partial charge in [0.25, 0.3) is 0 Å². The van der Waals surface area contributed by atoms with Gasteiger partial charge in [0.15, 0.2) is 11.6 Å². The van der Waals surface area contributed by atoms with Gasteiger partial charge in [0, 0.05) is 30.3 Å². The van der Waals surface area contributed by atoms with Gasteiger partial charge in [-0.05, 0) is 30.7 Å². The quantitative estimate of drug-likeness (QED) is 0.466. The predicted molar refractivity (Wildman–Crippen MR) is 116 cm³/mol. The fourth-order valence-corrected chi connectivity index (χ4v) is 3.17. The van der Waals surface area contributed by atoms with Crippen molar-refractivity contribution in [2.45, 2.75) is 13.3 Å². The number of aromatic nitrogens is 4. The molecule has 7 nitrogen and oxygen atoms in total. The van der Waals surface area contributed by atoms with Gasteiger partial charge < -0.3 is 4.74 Å². The monoisotopic (exact) mass is 427 g/mol. The van der Waals surface area contributed by atoms with Crippen LogP contribution in [0.2, 0.25) is 0 Å². The summed E-state index contributed by atoms with van der Waals surface area (Å²) < 4.78 is 20.8. The van der Waals surface area contributed by atoms with E-state index in [1.165, 1.54) is 29.1 Å². The summed E-state index contributed by atoms with van der Waals surface area (Å²) in [5.74, 6) is 0.498. The number of benzene rings is 2. The van der Waals surface area contributed by atoms with Crippen LogP contribution in [0.3, 0.4) is 0 Å². The van der Waals surface area contributed by atoms with Gasteiger partial charge in [0.1, 0.15) is 17.6 Å². The highest BCUT2D eigenvalue weighted by Crippen LogP contribution is 2.19. The van der Waals surface area contributed by atoms with Crippen molar-refractivity contribution in [3.05, 3.63) is 100.0 Å². The van der Waals surface area contributed by atoms with E-state index in [-0.39, 0.29) is 17.4 Å². The summed E-state index contributed by atoms with van der Waals surface area (Å²) in [4.78, 5) is 21.1. The largest absolute Gasteiger partial charge is 0.491 e. The Hall–Kier alpha value is -4.38. The van der Waals surface area contributed by atoms with Crippen LogP contribution >= 0.6 is 0 Å². The van der Waals surface area contributed by atoms with Crippen molar-refractivity contribution in [3.8, 4) is 28.9 Å². The van der Waals surface area contributed by atoms with E-state index in [1.807, 2.05) is 31.2 Å². The summed E-state index contributed by atoms with van der Waals surface area (Å²) in [7, 11) is 0. The van der Waals surface area contributed by atoms with Crippen molar-refractivity contribution in [1.29, 1.82) is 5.26 Å². The highest BCUT2D eigenvalue weighted by molar-refractivity contribution is 5.56. The Bertz CT molecular complexity index is 1360. The van der Waals surface area contributed by atoms with Gasteiger partial charge >= 0.3 is 0 Å². The number of nitriles is 1. The van der Waals surface area contributed by atoms with Crippen LogP contribution in [0.25, 0.3) is 17.1 Å². The van der Waals surface area contributed by atoms with Gasteiger partial charge in [-0.2, -0.15) is 10.4 Å². The van der Waals surface area contributed by atoms with Gasteiger partial charge in [-0.1, -0.05) is 18.2 Å². The van der Waals surface area contributed by atoms with Gasteiger partial charge in [-0.25, -0.2) is 19.0 Å². The second-order valence-electron chi connectivity index (χ2n) is 6.90. The zero-order chi connectivity index (χ0) is 22.5. The minimum atomic E-state index is -0.643. The highest BCUT2D eigenvalue weighted by Gasteiger charge is 2.10. The lowest BCUT2D eigenvalue weighted by molar-refractivity contribution is 0.337. The SMILES string of the molecule is CCOc1cnc(-c2cccc(Cc3nn(-c4ccc(C#N)c(F)c4)ccc3=O)c2)nc1. The molecule has 0 aliphatic carbocycles. The number of hydrogen-bond acceptors (Lipinski definition) is 6. The number of rotatable bonds is 6. The van der Waals surface area contributed by atoms with Crippen molar-refractivity contribution >= 4 is 0 Å². The molecule has 0 atom stereocenters. The van der Waals surface area contributed by atoms with E-state index in [4.69, 9.17) is 10.00 Å². The zero-order valence-corrected chi connectivity index (χ0v) is 17.2. The smallest absolute Gasteiger partial charge is 0.203 e. The molecule has 32 heavy (non-hydrogen) atoms. The van der Waals surface area contributed by atoms with Gasteiger partial charge in [-0.3, -0.25) is 4.79 Å². The normalized spacial score (nSPS) is 10.5. The molecule has 4 rings (SSSR count). The highest BCUT2D eigenvalue weighted by atomic mass is 19.1. The molecule has 0 aliphatic rings. The zero-order valence-electron chi connectivity index (χ0n) is 17.2. The summed E-state index contributed by atoms with van der Waals surface area (Å²) in [5.41, 5.74) is 2.10.